The minimum Gasteiger partial charge on any atom is -0.371 e. The largest absolute Gasteiger partial charge is 0.371 e. The lowest BCUT2D eigenvalue weighted by molar-refractivity contribution is 0.0585. The highest BCUT2D eigenvalue weighted by molar-refractivity contribution is 5.97. The number of carbonyl (C=O) groups is 1. The molecule has 1 aromatic rings. The Kier molecular flexibility index (Phi) is 4.02. The Balaban J connectivity index is 2.63. The van der Waals surface area contributed by atoms with Gasteiger partial charge < -0.3 is 4.74 Å². The lowest BCUT2D eigenvalue weighted by atomic mass is 10.1. The molecule has 0 unspecified atom stereocenters. The van der Waals surface area contributed by atoms with E-state index in [1.807, 2.05) is 19.9 Å². The fourth-order valence-corrected chi connectivity index (χ4v) is 1.06. The summed E-state index contributed by atoms with van der Waals surface area (Å²) in [6, 6.07) is 8.54. The zero-order valence-corrected chi connectivity index (χ0v) is 8.86. The number of ketones is 1. The van der Waals surface area contributed by atoms with Gasteiger partial charge in [0.25, 0.3) is 0 Å². The second-order valence-corrected chi connectivity index (χ2v) is 3.47. The second-order valence-electron chi connectivity index (χ2n) is 3.47. The van der Waals surface area contributed by atoms with E-state index in [4.69, 9.17) is 10.00 Å². The summed E-state index contributed by atoms with van der Waals surface area (Å²) in [4.78, 5) is 11.5. The van der Waals surface area contributed by atoms with E-state index in [2.05, 4.69) is 0 Å². The summed E-state index contributed by atoms with van der Waals surface area (Å²) >= 11 is 0. The molecule has 0 atom stereocenters. The van der Waals surface area contributed by atoms with Crippen molar-refractivity contribution in [1.29, 1.82) is 5.26 Å². The van der Waals surface area contributed by atoms with Crippen LogP contribution < -0.4 is 0 Å². The molecular formula is C12H13NO2. The first-order valence-electron chi connectivity index (χ1n) is 4.78. The molecule has 78 valence electrons. The van der Waals surface area contributed by atoms with Gasteiger partial charge in [-0.2, -0.15) is 5.26 Å². The number of rotatable bonds is 4. The fourth-order valence-electron chi connectivity index (χ4n) is 1.06. The van der Waals surface area contributed by atoms with Gasteiger partial charge in [0, 0.05) is 5.56 Å². The van der Waals surface area contributed by atoms with E-state index >= 15 is 0 Å². The summed E-state index contributed by atoms with van der Waals surface area (Å²) in [5.41, 5.74) is 1.13. The molecule has 0 radical (unpaired) electrons. The van der Waals surface area contributed by atoms with Gasteiger partial charge in [-0.25, -0.2) is 0 Å². The van der Waals surface area contributed by atoms with Gasteiger partial charge in [0.15, 0.2) is 5.78 Å². The standard InChI is InChI=1S/C12H13NO2/c1-9(2)15-8-12(14)11-5-3-10(7-13)4-6-11/h3-6,9H,8H2,1-2H3. The van der Waals surface area contributed by atoms with Crippen molar-refractivity contribution in [3.63, 3.8) is 0 Å². The predicted octanol–water partition coefficient (Wildman–Crippen LogP) is 2.17. The molecule has 0 N–H and O–H groups in total. The number of hydrogen-bond donors (Lipinski definition) is 0. The smallest absolute Gasteiger partial charge is 0.188 e. The SMILES string of the molecule is CC(C)OCC(=O)c1ccc(C#N)cc1. The van der Waals surface area contributed by atoms with E-state index < -0.39 is 0 Å². The molecule has 0 aliphatic carbocycles. The van der Waals surface area contributed by atoms with Gasteiger partial charge in [0.2, 0.25) is 0 Å². The number of Topliss-reactive ketones (excluding diaryl/α,β-unsaturated/α-hetero) is 1. The lowest BCUT2D eigenvalue weighted by Crippen LogP contribution is -2.13. The molecule has 0 saturated heterocycles. The average Bonchev–Trinajstić information content (AvgIpc) is 2.26. The van der Waals surface area contributed by atoms with Crippen molar-refractivity contribution in [2.75, 3.05) is 6.61 Å². The van der Waals surface area contributed by atoms with E-state index in [0.29, 0.717) is 11.1 Å². The molecule has 0 amide bonds. The van der Waals surface area contributed by atoms with Crippen LogP contribution >= 0.6 is 0 Å². The highest BCUT2D eigenvalue weighted by Gasteiger charge is 2.06. The van der Waals surface area contributed by atoms with Crippen LogP contribution in [0.25, 0.3) is 0 Å². The monoisotopic (exact) mass is 203 g/mol. The first-order valence-corrected chi connectivity index (χ1v) is 4.78. The molecular weight excluding hydrogens is 190 g/mol. The zero-order chi connectivity index (χ0) is 11.3. The van der Waals surface area contributed by atoms with Crippen molar-refractivity contribution in [2.45, 2.75) is 20.0 Å². The van der Waals surface area contributed by atoms with Gasteiger partial charge in [-0.15, -0.1) is 0 Å². The molecule has 0 aromatic heterocycles. The lowest BCUT2D eigenvalue weighted by Gasteiger charge is -2.06. The fraction of sp³-hybridized carbons (Fsp3) is 0.333. The van der Waals surface area contributed by atoms with Crippen molar-refractivity contribution in [3.05, 3.63) is 35.4 Å². The van der Waals surface area contributed by atoms with Crippen LogP contribution in [-0.4, -0.2) is 18.5 Å². The molecule has 3 nitrogen and oxygen atoms in total. The molecule has 0 heterocycles. The summed E-state index contributed by atoms with van der Waals surface area (Å²) in [6.07, 6.45) is 0.0485. The zero-order valence-electron chi connectivity index (χ0n) is 8.86. The molecule has 15 heavy (non-hydrogen) atoms. The topological polar surface area (TPSA) is 50.1 Å². The summed E-state index contributed by atoms with van der Waals surface area (Å²) in [7, 11) is 0. The number of ether oxygens (including phenoxy) is 1. The molecule has 0 fully saturated rings. The van der Waals surface area contributed by atoms with Gasteiger partial charge in [-0.05, 0) is 26.0 Å². The number of hydrogen-bond acceptors (Lipinski definition) is 3. The first kappa shape index (κ1) is 11.4. The maximum atomic E-state index is 11.5. The van der Waals surface area contributed by atoms with Crippen LogP contribution in [0, 0.1) is 11.3 Å². The Morgan fingerprint density at radius 3 is 2.47 bits per heavy atom. The minimum absolute atomic E-state index is 0.0485. The summed E-state index contributed by atoms with van der Waals surface area (Å²) in [5, 5.41) is 8.58. The van der Waals surface area contributed by atoms with Gasteiger partial charge in [-0.1, -0.05) is 12.1 Å². The summed E-state index contributed by atoms with van der Waals surface area (Å²) in [6.45, 7) is 3.85. The van der Waals surface area contributed by atoms with E-state index in [9.17, 15) is 4.79 Å². The van der Waals surface area contributed by atoms with Crippen LogP contribution in [-0.2, 0) is 4.74 Å². The Bertz CT molecular complexity index is 374. The van der Waals surface area contributed by atoms with Gasteiger partial charge in [-0.3, -0.25) is 4.79 Å². The number of benzene rings is 1. The Hall–Kier alpha value is -1.66. The van der Waals surface area contributed by atoms with E-state index in [0.717, 1.165) is 0 Å². The minimum atomic E-state index is -0.0619. The molecule has 0 bridgehead atoms. The average molecular weight is 203 g/mol. The highest BCUT2D eigenvalue weighted by atomic mass is 16.5. The Morgan fingerprint density at radius 2 is 2.00 bits per heavy atom. The molecule has 1 rings (SSSR count). The third-order valence-corrected chi connectivity index (χ3v) is 1.88. The van der Waals surface area contributed by atoms with Crippen molar-refractivity contribution < 1.29 is 9.53 Å². The quantitative estimate of drug-likeness (QED) is 0.704. The van der Waals surface area contributed by atoms with Gasteiger partial charge in [0.05, 0.1) is 17.7 Å². The molecule has 0 spiro atoms. The Morgan fingerprint density at radius 1 is 1.40 bits per heavy atom. The first-order chi connectivity index (χ1) is 7.13. The number of carbonyl (C=O) groups excluding carboxylic acids is 1. The van der Waals surface area contributed by atoms with E-state index in [1.165, 1.54) is 0 Å². The van der Waals surface area contributed by atoms with Crippen molar-refractivity contribution in [2.24, 2.45) is 0 Å². The van der Waals surface area contributed by atoms with Crippen molar-refractivity contribution >= 4 is 5.78 Å². The van der Waals surface area contributed by atoms with Gasteiger partial charge >= 0.3 is 0 Å². The van der Waals surface area contributed by atoms with Crippen LogP contribution in [0.1, 0.15) is 29.8 Å². The normalized spacial score (nSPS) is 10.0. The van der Waals surface area contributed by atoms with E-state index in [-0.39, 0.29) is 18.5 Å². The van der Waals surface area contributed by atoms with Crippen LogP contribution in [0.2, 0.25) is 0 Å². The van der Waals surface area contributed by atoms with Crippen molar-refractivity contribution in [1.82, 2.24) is 0 Å². The number of nitriles is 1. The molecule has 1 aromatic carbocycles. The summed E-state index contributed by atoms with van der Waals surface area (Å²) in [5.74, 6) is -0.0619. The van der Waals surface area contributed by atoms with E-state index in [1.54, 1.807) is 24.3 Å². The number of nitrogens with zero attached hydrogens (tertiary/aromatic N) is 1. The maximum Gasteiger partial charge on any atom is 0.188 e. The summed E-state index contributed by atoms with van der Waals surface area (Å²) < 4.78 is 5.20. The highest BCUT2D eigenvalue weighted by Crippen LogP contribution is 2.05. The van der Waals surface area contributed by atoms with Crippen molar-refractivity contribution in [3.8, 4) is 6.07 Å². The van der Waals surface area contributed by atoms with Crippen LogP contribution in [0.5, 0.6) is 0 Å². The molecule has 0 aliphatic rings. The maximum absolute atomic E-state index is 11.5. The Labute approximate surface area is 89.3 Å². The predicted molar refractivity (Wildman–Crippen MR) is 56.6 cm³/mol. The van der Waals surface area contributed by atoms with Crippen LogP contribution in [0.4, 0.5) is 0 Å². The third-order valence-electron chi connectivity index (χ3n) is 1.88. The van der Waals surface area contributed by atoms with Gasteiger partial charge in [0.1, 0.15) is 6.61 Å². The van der Waals surface area contributed by atoms with Crippen LogP contribution in [0.15, 0.2) is 24.3 Å². The molecule has 0 aliphatic heterocycles. The third kappa shape index (κ3) is 3.53. The second kappa shape index (κ2) is 5.28. The molecule has 3 heteroatoms. The molecule has 0 saturated carbocycles. The van der Waals surface area contributed by atoms with Crippen LogP contribution in [0.3, 0.4) is 0 Å².